The zero-order chi connectivity index (χ0) is 16.5. The first-order chi connectivity index (χ1) is 11.7. The highest BCUT2D eigenvalue weighted by atomic mass is 15.5. The van der Waals surface area contributed by atoms with E-state index >= 15 is 0 Å². The second-order valence-corrected chi connectivity index (χ2v) is 5.76. The van der Waals surface area contributed by atoms with Gasteiger partial charge in [0.2, 0.25) is 5.95 Å². The fourth-order valence-corrected chi connectivity index (χ4v) is 2.51. The zero-order valence-electron chi connectivity index (χ0n) is 13.4. The van der Waals surface area contributed by atoms with Gasteiger partial charge in [0.05, 0.1) is 6.54 Å². The Bertz CT molecular complexity index is 954. The largest absolute Gasteiger partial charge is 0.347 e. The summed E-state index contributed by atoms with van der Waals surface area (Å²) in [6.45, 7) is 0.650. The highest BCUT2D eigenvalue weighted by Gasteiger charge is 2.07. The van der Waals surface area contributed by atoms with Gasteiger partial charge in [0.25, 0.3) is 0 Å². The summed E-state index contributed by atoms with van der Waals surface area (Å²) in [7, 11) is 3.85. The Labute approximate surface area is 138 Å². The Morgan fingerprint density at radius 1 is 1.17 bits per heavy atom. The van der Waals surface area contributed by atoms with E-state index in [9.17, 15) is 0 Å². The van der Waals surface area contributed by atoms with Gasteiger partial charge in [0, 0.05) is 31.4 Å². The summed E-state index contributed by atoms with van der Waals surface area (Å²) in [5.41, 5.74) is 4.09. The van der Waals surface area contributed by atoms with Crippen molar-refractivity contribution >= 4 is 17.0 Å². The lowest BCUT2D eigenvalue weighted by Gasteiger charge is -2.08. The van der Waals surface area contributed by atoms with Crippen molar-refractivity contribution in [1.29, 1.82) is 0 Å². The molecule has 0 unspecified atom stereocenters. The third kappa shape index (κ3) is 2.69. The van der Waals surface area contributed by atoms with Crippen LogP contribution < -0.4 is 4.90 Å². The van der Waals surface area contributed by atoms with Crippen LogP contribution in [0.3, 0.4) is 0 Å². The van der Waals surface area contributed by atoms with Crippen LogP contribution in [0, 0.1) is 0 Å². The van der Waals surface area contributed by atoms with Crippen LogP contribution in [-0.4, -0.2) is 49.3 Å². The summed E-state index contributed by atoms with van der Waals surface area (Å²) in [6, 6.07) is 10.3. The van der Waals surface area contributed by atoms with E-state index in [0.29, 0.717) is 12.5 Å². The van der Waals surface area contributed by atoms with Crippen LogP contribution in [0.15, 0.2) is 42.9 Å². The molecule has 4 aromatic rings. The van der Waals surface area contributed by atoms with Crippen LogP contribution in [0.5, 0.6) is 0 Å². The molecule has 1 N–H and O–H groups in total. The lowest BCUT2D eigenvalue weighted by Crippen LogP contribution is -2.12. The van der Waals surface area contributed by atoms with Gasteiger partial charge < -0.3 is 9.88 Å². The maximum atomic E-state index is 4.52. The van der Waals surface area contributed by atoms with E-state index in [1.165, 1.54) is 0 Å². The summed E-state index contributed by atoms with van der Waals surface area (Å²) < 4.78 is 1.69. The maximum absolute atomic E-state index is 4.52. The normalized spacial score (nSPS) is 11.1. The first-order valence-corrected chi connectivity index (χ1v) is 7.52. The number of nitrogens with one attached hydrogen (secondary N) is 1. The molecule has 3 heterocycles. The Hall–Kier alpha value is -3.29. The number of tetrazole rings is 1. The van der Waals surface area contributed by atoms with Crippen molar-refractivity contribution in [2.75, 3.05) is 19.0 Å². The molecule has 120 valence electrons. The monoisotopic (exact) mass is 320 g/mol. The molecule has 4 rings (SSSR count). The van der Waals surface area contributed by atoms with Gasteiger partial charge >= 0.3 is 0 Å². The smallest absolute Gasteiger partial charge is 0.226 e. The fourth-order valence-electron chi connectivity index (χ4n) is 2.51. The van der Waals surface area contributed by atoms with E-state index < -0.39 is 0 Å². The van der Waals surface area contributed by atoms with E-state index in [4.69, 9.17) is 0 Å². The highest BCUT2D eigenvalue weighted by Crippen LogP contribution is 2.24. The maximum Gasteiger partial charge on any atom is 0.226 e. The summed E-state index contributed by atoms with van der Waals surface area (Å²) >= 11 is 0. The third-order valence-corrected chi connectivity index (χ3v) is 3.76. The van der Waals surface area contributed by atoms with Crippen LogP contribution in [0.2, 0.25) is 0 Å². The fraction of sp³-hybridized carbons (Fsp3) is 0.188. The number of H-pyrrole nitrogens is 1. The van der Waals surface area contributed by atoms with Crippen molar-refractivity contribution in [3.8, 4) is 11.3 Å². The minimum atomic E-state index is 0.650. The summed E-state index contributed by atoms with van der Waals surface area (Å²) in [5.74, 6) is 0.688. The lowest BCUT2D eigenvalue weighted by atomic mass is 10.1. The molecule has 0 saturated heterocycles. The molecule has 0 radical (unpaired) electrons. The van der Waals surface area contributed by atoms with Crippen molar-refractivity contribution in [3.63, 3.8) is 0 Å². The van der Waals surface area contributed by atoms with Crippen LogP contribution in [0.4, 0.5) is 5.95 Å². The van der Waals surface area contributed by atoms with Crippen molar-refractivity contribution in [3.05, 3.63) is 48.4 Å². The van der Waals surface area contributed by atoms with Crippen molar-refractivity contribution < 1.29 is 0 Å². The van der Waals surface area contributed by atoms with E-state index in [0.717, 1.165) is 27.9 Å². The van der Waals surface area contributed by atoms with E-state index in [1.54, 1.807) is 11.0 Å². The molecule has 24 heavy (non-hydrogen) atoms. The summed E-state index contributed by atoms with van der Waals surface area (Å²) in [4.78, 5) is 14.1. The number of aromatic nitrogens is 7. The summed E-state index contributed by atoms with van der Waals surface area (Å²) in [5, 5.41) is 12.1. The molecule has 0 spiro atoms. The molecule has 0 saturated carbocycles. The number of benzene rings is 1. The number of rotatable bonds is 4. The molecule has 8 heteroatoms. The number of nitrogens with zero attached hydrogens (tertiary/aromatic N) is 7. The molecule has 0 amide bonds. The molecular formula is C16H16N8. The van der Waals surface area contributed by atoms with E-state index in [-0.39, 0.29) is 0 Å². The quantitative estimate of drug-likeness (QED) is 0.616. The first kappa shape index (κ1) is 14.3. The van der Waals surface area contributed by atoms with Gasteiger partial charge in [0.15, 0.2) is 0 Å². The molecule has 0 aliphatic heterocycles. The Morgan fingerprint density at radius 2 is 2.00 bits per heavy atom. The van der Waals surface area contributed by atoms with Gasteiger partial charge in [0.1, 0.15) is 12.0 Å². The minimum absolute atomic E-state index is 0.650. The molecule has 0 fully saturated rings. The predicted molar refractivity (Wildman–Crippen MR) is 90.6 cm³/mol. The van der Waals surface area contributed by atoms with Crippen LogP contribution in [0.25, 0.3) is 22.3 Å². The molecular weight excluding hydrogens is 304 g/mol. The second-order valence-electron chi connectivity index (χ2n) is 5.76. The standard InChI is InChI=1S/C16H16N8/c1-23(2)16-17-8-13-7-14(19-15(13)20-16)12-5-3-11(4-6-12)9-24-10-18-21-22-24/h3-8,10H,9H2,1-2H3,(H,17,19,20). The van der Waals surface area contributed by atoms with Gasteiger partial charge in [-0.1, -0.05) is 24.3 Å². The molecule has 1 aromatic carbocycles. The SMILES string of the molecule is CN(C)c1ncc2cc(-c3ccc(Cn4cnnn4)cc3)[nH]c2n1. The first-order valence-electron chi connectivity index (χ1n) is 7.52. The third-order valence-electron chi connectivity index (χ3n) is 3.76. The number of anilines is 1. The average molecular weight is 320 g/mol. The molecule has 0 atom stereocenters. The van der Waals surface area contributed by atoms with Crippen LogP contribution in [0.1, 0.15) is 5.56 Å². The van der Waals surface area contributed by atoms with Crippen LogP contribution >= 0.6 is 0 Å². The van der Waals surface area contributed by atoms with Gasteiger partial charge in [-0.25, -0.2) is 9.67 Å². The molecule has 8 nitrogen and oxygen atoms in total. The molecule has 3 aromatic heterocycles. The van der Waals surface area contributed by atoms with Gasteiger partial charge in [-0.05, 0) is 27.6 Å². The number of fused-ring (bicyclic) bond motifs is 1. The van der Waals surface area contributed by atoms with E-state index in [1.807, 2.05) is 25.2 Å². The van der Waals surface area contributed by atoms with Gasteiger partial charge in [-0.2, -0.15) is 4.98 Å². The number of hydrogen-bond donors (Lipinski definition) is 1. The van der Waals surface area contributed by atoms with Gasteiger partial charge in [-0.15, -0.1) is 5.10 Å². The summed E-state index contributed by atoms with van der Waals surface area (Å²) in [6.07, 6.45) is 3.44. The van der Waals surface area contributed by atoms with Crippen molar-refractivity contribution in [2.45, 2.75) is 6.54 Å². The van der Waals surface area contributed by atoms with Crippen molar-refractivity contribution in [2.24, 2.45) is 0 Å². The Morgan fingerprint density at radius 3 is 2.71 bits per heavy atom. The van der Waals surface area contributed by atoms with Crippen molar-refractivity contribution in [1.82, 2.24) is 35.2 Å². The number of aromatic amines is 1. The lowest BCUT2D eigenvalue weighted by molar-refractivity contribution is 0.648. The van der Waals surface area contributed by atoms with Gasteiger partial charge in [-0.3, -0.25) is 0 Å². The zero-order valence-corrected chi connectivity index (χ0v) is 13.4. The van der Waals surface area contributed by atoms with Crippen LogP contribution in [-0.2, 0) is 6.54 Å². The highest BCUT2D eigenvalue weighted by molar-refractivity contribution is 5.83. The molecule has 0 bridgehead atoms. The minimum Gasteiger partial charge on any atom is -0.347 e. The molecule has 0 aliphatic carbocycles. The Balaban J connectivity index is 1.62. The topological polar surface area (TPSA) is 88.4 Å². The Kier molecular flexibility index (Phi) is 3.42. The molecule has 0 aliphatic rings. The number of hydrogen-bond acceptors (Lipinski definition) is 6. The average Bonchev–Trinajstić information content (AvgIpc) is 3.23. The second kappa shape index (κ2) is 5.73. The predicted octanol–water partition coefficient (Wildman–Crippen LogP) is 1.73. The van der Waals surface area contributed by atoms with E-state index in [2.05, 4.69) is 60.8 Å².